The molecule has 0 saturated carbocycles. The summed E-state index contributed by atoms with van der Waals surface area (Å²) in [6, 6.07) is 5.70. The van der Waals surface area contributed by atoms with Crippen LogP contribution in [0.5, 0.6) is 0 Å². The van der Waals surface area contributed by atoms with E-state index in [0.717, 1.165) is 12.8 Å². The molecular weight excluding hydrogens is 193 g/mol. The molecule has 0 fully saturated rings. The summed E-state index contributed by atoms with van der Waals surface area (Å²) in [6.07, 6.45) is 1.94. The van der Waals surface area contributed by atoms with Gasteiger partial charge in [-0.2, -0.15) is 0 Å². The molecule has 0 bridgehead atoms. The van der Waals surface area contributed by atoms with E-state index in [1.54, 1.807) is 0 Å². The van der Waals surface area contributed by atoms with Crippen LogP contribution < -0.4 is 5.73 Å². The van der Waals surface area contributed by atoms with Crippen LogP contribution in [0.3, 0.4) is 0 Å². The third-order valence-electron chi connectivity index (χ3n) is 1.66. The van der Waals surface area contributed by atoms with Crippen LogP contribution >= 0.6 is 23.2 Å². The van der Waals surface area contributed by atoms with Gasteiger partial charge in [-0.25, -0.2) is 0 Å². The van der Waals surface area contributed by atoms with Crippen molar-refractivity contribution >= 4 is 28.9 Å². The van der Waals surface area contributed by atoms with Crippen LogP contribution in [-0.2, 0) is 6.42 Å². The second kappa shape index (κ2) is 4.58. The molecule has 0 heterocycles. The van der Waals surface area contributed by atoms with Gasteiger partial charge in [-0.15, -0.1) is 11.6 Å². The predicted molar refractivity (Wildman–Crippen MR) is 54.9 cm³/mol. The first-order chi connectivity index (χ1) is 5.74. The Balaban J connectivity index is 2.69. The van der Waals surface area contributed by atoms with Crippen molar-refractivity contribution in [3.63, 3.8) is 0 Å². The lowest BCUT2D eigenvalue weighted by Gasteiger charge is -2.01. The molecule has 3 heteroatoms. The number of benzene rings is 1. The Hall–Kier alpha value is -0.400. The van der Waals surface area contributed by atoms with E-state index in [1.165, 1.54) is 5.56 Å². The Morgan fingerprint density at radius 2 is 2.08 bits per heavy atom. The standard InChI is InChI=1S/C9H11Cl2N/c10-5-1-2-7-3-4-9(12)8(11)6-7/h3-4,6H,1-2,5,12H2. The van der Waals surface area contributed by atoms with E-state index in [-0.39, 0.29) is 0 Å². The van der Waals surface area contributed by atoms with E-state index >= 15 is 0 Å². The fourth-order valence-corrected chi connectivity index (χ4v) is 1.33. The van der Waals surface area contributed by atoms with Crippen molar-refractivity contribution in [2.75, 3.05) is 11.6 Å². The van der Waals surface area contributed by atoms with Gasteiger partial charge in [0.2, 0.25) is 0 Å². The number of alkyl halides is 1. The van der Waals surface area contributed by atoms with E-state index in [4.69, 9.17) is 28.9 Å². The Labute approximate surface area is 82.5 Å². The molecule has 0 spiro atoms. The topological polar surface area (TPSA) is 26.0 Å². The third kappa shape index (κ3) is 2.58. The zero-order valence-electron chi connectivity index (χ0n) is 6.69. The molecule has 1 aromatic carbocycles. The van der Waals surface area contributed by atoms with Crippen LogP contribution in [0.2, 0.25) is 5.02 Å². The number of aryl methyl sites for hydroxylation is 1. The summed E-state index contributed by atoms with van der Waals surface area (Å²) in [4.78, 5) is 0. The molecule has 0 atom stereocenters. The van der Waals surface area contributed by atoms with Gasteiger partial charge in [0.05, 0.1) is 10.7 Å². The highest BCUT2D eigenvalue weighted by Gasteiger charge is 1.97. The van der Waals surface area contributed by atoms with Crippen LogP contribution in [0.1, 0.15) is 12.0 Å². The van der Waals surface area contributed by atoms with Gasteiger partial charge in [-0.1, -0.05) is 17.7 Å². The lowest BCUT2D eigenvalue weighted by Crippen LogP contribution is -1.90. The van der Waals surface area contributed by atoms with Gasteiger partial charge in [0.15, 0.2) is 0 Å². The van der Waals surface area contributed by atoms with Crippen molar-refractivity contribution in [2.45, 2.75) is 12.8 Å². The zero-order valence-corrected chi connectivity index (χ0v) is 8.20. The molecule has 0 saturated heterocycles. The number of anilines is 1. The molecule has 0 amide bonds. The minimum absolute atomic E-state index is 0.627. The SMILES string of the molecule is Nc1ccc(CCCCl)cc1Cl. The highest BCUT2D eigenvalue weighted by Crippen LogP contribution is 2.20. The van der Waals surface area contributed by atoms with Crippen LogP contribution in [0.4, 0.5) is 5.69 Å². The predicted octanol–water partition coefficient (Wildman–Crippen LogP) is 3.09. The average Bonchev–Trinajstić information content (AvgIpc) is 2.07. The molecule has 1 nitrogen and oxygen atoms in total. The van der Waals surface area contributed by atoms with Gasteiger partial charge >= 0.3 is 0 Å². The maximum Gasteiger partial charge on any atom is 0.0638 e. The summed E-state index contributed by atoms with van der Waals surface area (Å²) >= 11 is 11.4. The minimum Gasteiger partial charge on any atom is -0.398 e. The number of halogens is 2. The molecule has 0 unspecified atom stereocenters. The molecule has 0 radical (unpaired) electrons. The van der Waals surface area contributed by atoms with Crippen molar-refractivity contribution < 1.29 is 0 Å². The number of nitrogens with two attached hydrogens (primary N) is 1. The molecule has 0 aliphatic carbocycles. The first kappa shape index (κ1) is 9.69. The fourth-order valence-electron chi connectivity index (χ4n) is 0.997. The van der Waals surface area contributed by atoms with E-state index in [9.17, 15) is 0 Å². The van der Waals surface area contributed by atoms with Crippen molar-refractivity contribution in [3.8, 4) is 0 Å². The highest BCUT2D eigenvalue weighted by molar-refractivity contribution is 6.33. The second-order valence-corrected chi connectivity index (χ2v) is 3.43. The van der Waals surface area contributed by atoms with Gasteiger partial charge in [0.25, 0.3) is 0 Å². The van der Waals surface area contributed by atoms with Gasteiger partial charge in [-0.3, -0.25) is 0 Å². The summed E-state index contributed by atoms with van der Waals surface area (Å²) in [5.41, 5.74) is 7.38. The van der Waals surface area contributed by atoms with E-state index in [2.05, 4.69) is 0 Å². The molecule has 12 heavy (non-hydrogen) atoms. The van der Waals surface area contributed by atoms with Gasteiger partial charge in [-0.05, 0) is 30.5 Å². The minimum atomic E-state index is 0.627. The van der Waals surface area contributed by atoms with Crippen LogP contribution in [0.25, 0.3) is 0 Å². The molecule has 66 valence electrons. The average molecular weight is 204 g/mol. The number of rotatable bonds is 3. The summed E-state index contributed by atoms with van der Waals surface area (Å²) in [5, 5.41) is 0.627. The number of nitrogen functional groups attached to an aromatic ring is 1. The Morgan fingerprint density at radius 1 is 1.33 bits per heavy atom. The Bertz CT molecular complexity index is 261. The first-order valence-electron chi connectivity index (χ1n) is 3.84. The largest absolute Gasteiger partial charge is 0.398 e. The summed E-state index contributed by atoms with van der Waals surface area (Å²) < 4.78 is 0. The lowest BCUT2D eigenvalue weighted by atomic mass is 10.1. The van der Waals surface area contributed by atoms with E-state index < -0.39 is 0 Å². The van der Waals surface area contributed by atoms with Gasteiger partial charge in [0, 0.05) is 5.88 Å². The Morgan fingerprint density at radius 3 is 2.67 bits per heavy atom. The van der Waals surface area contributed by atoms with Crippen molar-refractivity contribution in [2.24, 2.45) is 0 Å². The third-order valence-corrected chi connectivity index (χ3v) is 2.26. The fraction of sp³-hybridized carbons (Fsp3) is 0.333. The smallest absolute Gasteiger partial charge is 0.0638 e. The normalized spacial score (nSPS) is 10.2. The van der Waals surface area contributed by atoms with E-state index in [0.29, 0.717) is 16.6 Å². The maximum absolute atomic E-state index is 5.83. The highest BCUT2D eigenvalue weighted by atomic mass is 35.5. The molecule has 1 aromatic rings. The lowest BCUT2D eigenvalue weighted by molar-refractivity contribution is 0.929. The monoisotopic (exact) mass is 203 g/mol. The van der Waals surface area contributed by atoms with Gasteiger partial charge < -0.3 is 5.73 Å². The van der Waals surface area contributed by atoms with Crippen LogP contribution in [0, 0.1) is 0 Å². The number of hydrogen-bond donors (Lipinski definition) is 1. The zero-order chi connectivity index (χ0) is 8.97. The van der Waals surface area contributed by atoms with Crippen LogP contribution in [0.15, 0.2) is 18.2 Å². The Kier molecular flexibility index (Phi) is 3.70. The molecule has 0 aliphatic heterocycles. The second-order valence-electron chi connectivity index (χ2n) is 2.65. The molecule has 1 rings (SSSR count). The summed E-state index contributed by atoms with van der Waals surface area (Å²) in [5.74, 6) is 0.683. The summed E-state index contributed by atoms with van der Waals surface area (Å²) in [7, 11) is 0. The van der Waals surface area contributed by atoms with Crippen molar-refractivity contribution in [1.82, 2.24) is 0 Å². The van der Waals surface area contributed by atoms with Crippen molar-refractivity contribution in [3.05, 3.63) is 28.8 Å². The molecule has 0 aromatic heterocycles. The molecule has 2 N–H and O–H groups in total. The van der Waals surface area contributed by atoms with Crippen LogP contribution in [-0.4, -0.2) is 5.88 Å². The number of hydrogen-bond acceptors (Lipinski definition) is 1. The van der Waals surface area contributed by atoms with Gasteiger partial charge in [0.1, 0.15) is 0 Å². The van der Waals surface area contributed by atoms with Crippen molar-refractivity contribution in [1.29, 1.82) is 0 Å². The summed E-state index contributed by atoms with van der Waals surface area (Å²) in [6.45, 7) is 0. The quantitative estimate of drug-likeness (QED) is 0.594. The van der Waals surface area contributed by atoms with E-state index in [1.807, 2.05) is 18.2 Å². The first-order valence-corrected chi connectivity index (χ1v) is 4.75. The molecule has 0 aliphatic rings. The molecular formula is C9H11Cl2N. The maximum atomic E-state index is 5.83.